The van der Waals surface area contributed by atoms with E-state index < -0.39 is 0 Å². The van der Waals surface area contributed by atoms with E-state index in [4.69, 9.17) is 16.3 Å². The minimum Gasteiger partial charge on any atom is -0.492 e. The minimum atomic E-state index is -0.00714. The van der Waals surface area contributed by atoms with E-state index in [-0.39, 0.29) is 18.4 Å². The predicted molar refractivity (Wildman–Crippen MR) is 130 cm³/mol. The molecule has 30 heavy (non-hydrogen) atoms. The molecule has 3 rings (SSSR count). The van der Waals surface area contributed by atoms with Crippen LogP contribution in [0.4, 0.5) is 10.5 Å². The number of hydrogen-bond donors (Lipinski definition) is 1. The molecule has 5 nitrogen and oxygen atoms in total. The van der Waals surface area contributed by atoms with Crippen molar-refractivity contribution in [3.05, 3.63) is 57.0 Å². The second-order valence-corrected chi connectivity index (χ2v) is 8.52. The van der Waals surface area contributed by atoms with E-state index in [1.807, 2.05) is 17.0 Å². The van der Waals surface area contributed by atoms with Gasteiger partial charge in [-0.15, -0.1) is 12.4 Å². The molecule has 1 aliphatic rings. The molecular weight excluding hydrogens is 489 g/mol. The number of aryl methyl sites for hydroxylation is 1. The first kappa shape index (κ1) is 24.6. The maximum atomic E-state index is 12.4. The highest BCUT2D eigenvalue weighted by atomic mass is 79.9. The van der Waals surface area contributed by atoms with Crippen LogP contribution in [0.15, 0.2) is 40.9 Å². The Labute approximate surface area is 198 Å². The summed E-state index contributed by atoms with van der Waals surface area (Å²) in [6.07, 6.45) is 0.723. The molecule has 2 amide bonds. The average Bonchev–Trinajstić information content (AvgIpc) is 2.71. The highest BCUT2D eigenvalue weighted by Crippen LogP contribution is 2.27. The van der Waals surface area contributed by atoms with Crippen LogP contribution in [0.5, 0.6) is 5.75 Å². The van der Waals surface area contributed by atoms with Crippen molar-refractivity contribution < 1.29 is 9.53 Å². The van der Waals surface area contributed by atoms with Crippen LogP contribution in [0, 0.1) is 13.8 Å². The zero-order valence-electron chi connectivity index (χ0n) is 17.3. The third kappa shape index (κ3) is 6.43. The lowest BCUT2D eigenvalue weighted by atomic mass is 10.1. The van der Waals surface area contributed by atoms with Crippen molar-refractivity contribution in [2.45, 2.75) is 20.3 Å². The first-order chi connectivity index (χ1) is 14.0. The molecule has 164 valence electrons. The van der Waals surface area contributed by atoms with Gasteiger partial charge in [0.15, 0.2) is 0 Å². The summed E-state index contributed by atoms with van der Waals surface area (Å²) in [5, 5.41) is 3.56. The monoisotopic (exact) mass is 515 g/mol. The molecule has 0 bridgehead atoms. The summed E-state index contributed by atoms with van der Waals surface area (Å²) in [4.78, 5) is 16.7. The molecule has 0 aromatic heterocycles. The van der Waals surface area contributed by atoms with E-state index >= 15 is 0 Å². The molecule has 1 N–H and O–H groups in total. The van der Waals surface area contributed by atoms with E-state index in [1.165, 1.54) is 16.8 Å². The number of amides is 2. The minimum absolute atomic E-state index is 0. The molecule has 0 radical (unpaired) electrons. The van der Waals surface area contributed by atoms with Crippen LogP contribution in [0.3, 0.4) is 0 Å². The fourth-order valence-electron chi connectivity index (χ4n) is 3.38. The van der Waals surface area contributed by atoms with Gasteiger partial charge in [-0.3, -0.25) is 0 Å². The van der Waals surface area contributed by atoms with Crippen molar-refractivity contribution in [1.29, 1.82) is 0 Å². The van der Waals surface area contributed by atoms with Gasteiger partial charge in [0, 0.05) is 42.9 Å². The van der Waals surface area contributed by atoms with Gasteiger partial charge in [-0.25, -0.2) is 4.79 Å². The normalized spacial score (nSPS) is 13.6. The van der Waals surface area contributed by atoms with Crippen molar-refractivity contribution in [2.75, 3.05) is 44.2 Å². The van der Waals surface area contributed by atoms with Gasteiger partial charge >= 0.3 is 6.03 Å². The Kier molecular flexibility index (Phi) is 9.59. The van der Waals surface area contributed by atoms with Crippen LogP contribution in [0.2, 0.25) is 5.02 Å². The molecular formula is C22H28BrCl2N3O2. The Morgan fingerprint density at radius 2 is 1.90 bits per heavy atom. The molecule has 1 heterocycles. The second-order valence-electron chi connectivity index (χ2n) is 7.20. The number of anilines is 1. The van der Waals surface area contributed by atoms with Crippen molar-refractivity contribution in [1.82, 2.24) is 10.2 Å². The van der Waals surface area contributed by atoms with Gasteiger partial charge < -0.3 is 19.9 Å². The quantitative estimate of drug-likeness (QED) is 0.520. The molecule has 1 saturated heterocycles. The molecule has 1 fully saturated rings. The Bertz CT molecular complexity index is 858. The molecule has 0 unspecified atom stereocenters. The molecule has 0 atom stereocenters. The summed E-state index contributed by atoms with van der Waals surface area (Å²) in [5.74, 6) is 0.656. The predicted octanol–water partition coefficient (Wildman–Crippen LogP) is 5.44. The van der Waals surface area contributed by atoms with Gasteiger partial charge in [0.25, 0.3) is 0 Å². The van der Waals surface area contributed by atoms with Gasteiger partial charge in [-0.1, -0.05) is 39.7 Å². The number of halogens is 3. The number of rotatable bonds is 6. The Morgan fingerprint density at radius 1 is 1.17 bits per heavy atom. The van der Waals surface area contributed by atoms with Crippen LogP contribution in [-0.2, 0) is 0 Å². The molecule has 2 aromatic carbocycles. The third-order valence-electron chi connectivity index (χ3n) is 5.23. The summed E-state index contributed by atoms with van der Waals surface area (Å²) >= 11 is 9.50. The molecule has 0 aliphatic carbocycles. The van der Waals surface area contributed by atoms with Crippen LogP contribution in [-0.4, -0.2) is 50.3 Å². The van der Waals surface area contributed by atoms with Crippen molar-refractivity contribution in [3.63, 3.8) is 0 Å². The molecule has 0 spiro atoms. The van der Waals surface area contributed by atoms with E-state index in [2.05, 4.69) is 58.2 Å². The lowest BCUT2D eigenvalue weighted by Gasteiger charge is -2.37. The number of nitrogens with one attached hydrogen (secondary N) is 1. The van der Waals surface area contributed by atoms with E-state index in [0.29, 0.717) is 23.9 Å². The summed E-state index contributed by atoms with van der Waals surface area (Å²) in [6.45, 7) is 8.52. The van der Waals surface area contributed by atoms with E-state index in [0.717, 1.165) is 37.1 Å². The highest BCUT2D eigenvalue weighted by molar-refractivity contribution is 9.10. The first-order valence-electron chi connectivity index (χ1n) is 9.87. The standard InChI is InChI=1S/C22H27BrClN3O2.ClH/c1-16-5-3-6-20(17(16)2)26-10-12-27(13-11-26)22(28)25-9-4-14-29-21-8-7-18(23)15-19(21)24;/h3,5-8,15H,4,9-14H2,1-2H3,(H,25,28);1H. The summed E-state index contributed by atoms with van der Waals surface area (Å²) in [5.41, 5.74) is 3.89. The van der Waals surface area contributed by atoms with Gasteiger partial charge in [-0.2, -0.15) is 0 Å². The maximum absolute atomic E-state index is 12.4. The average molecular weight is 517 g/mol. The third-order valence-corrected chi connectivity index (χ3v) is 6.02. The molecule has 0 saturated carbocycles. The lowest BCUT2D eigenvalue weighted by molar-refractivity contribution is 0.193. The summed E-state index contributed by atoms with van der Waals surface area (Å²) < 4.78 is 6.60. The lowest BCUT2D eigenvalue weighted by Crippen LogP contribution is -2.52. The molecule has 2 aromatic rings. The maximum Gasteiger partial charge on any atom is 0.317 e. The second kappa shape index (κ2) is 11.7. The van der Waals surface area contributed by atoms with Gasteiger partial charge in [-0.05, 0) is 55.7 Å². The Hall–Kier alpha value is -1.63. The van der Waals surface area contributed by atoms with Crippen molar-refractivity contribution in [3.8, 4) is 5.75 Å². The Balaban J connectivity index is 0.00000320. The van der Waals surface area contributed by atoms with Crippen LogP contribution < -0.4 is 15.0 Å². The Morgan fingerprint density at radius 3 is 2.60 bits per heavy atom. The van der Waals surface area contributed by atoms with Crippen molar-refractivity contribution in [2.24, 2.45) is 0 Å². The van der Waals surface area contributed by atoms with Gasteiger partial charge in [0.05, 0.1) is 11.6 Å². The zero-order valence-corrected chi connectivity index (χ0v) is 20.4. The van der Waals surface area contributed by atoms with Crippen LogP contribution >= 0.6 is 39.9 Å². The van der Waals surface area contributed by atoms with E-state index in [1.54, 1.807) is 6.07 Å². The van der Waals surface area contributed by atoms with E-state index in [9.17, 15) is 4.79 Å². The van der Waals surface area contributed by atoms with Gasteiger partial charge in [0.2, 0.25) is 0 Å². The number of urea groups is 1. The molecule has 8 heteroatoms. The van der Waals surface area contributed by atoms with Crippen molar-refractivity contribution >= 4 is 51.7 Å². The zero-order chi connectivity index (χ0) is 20.8. The number of hydrogen-bond acceptors (Lipinski definition) is 3. The summed E-state index contributed by atoms with van der Waals surface area (Å²) in [6, 6.07) is 11.9. The largest absolute Gasteiger partial charge is 0.492 e. The highest BCUT2D eigenvalue weighted by Gasteiger charge is 2.22. The number of carbonyl (C=O) groups is 1. The topological polar surface area (TPSA) is 44.8 Å². The fraction of sp³-hybridized carbons (Fsp3) is 0.409. The first-order valence-corrected chi connectivity index (χ1v) is 11.0. The van der Waals surface area contributed by atoms with Crippen LogP contribution in [0.1, 0.15) is 17.5 Å². The smallest absolute Gasteiger partial charge is 0.317 e. The number of benzene rings is 2. The van der Waals surface area contributed by atoms with Crippen LogP contribution in [0.25, 0.3) is 0 Å². The number of nitrogens with zero attached hydrogens (tertiary/aromatic N) is 2. The number of ether oxygens (including phenoxy) is 1. The van der Waals surface area contributed by atoms with Gasteiger partial charge in [0.1, 0.15) is 5.75 Å². The SMILES string of the molecule is Cc1cccc(N2CCN(C(=O)NCCCOc3ccc(Br)cc3Cl)CC2)c1C.Cl. The molecule has 1 aliphatic heterocycles. The fourth-order valence-corrected chi connectivity index (χ4v) is 4.11. The number of piperazine rings is 1. The summed E-state index contributed by atoms with van der Waals surface area (Å²) in [7, 11) is 0. The number of carbonyl (C=O) groups excluding carboxylic acids is 1.